The van der Waals surface area contributed by atoms with Gasteiger partial charge in [-0.25, -0.2) is 4.98 Å². The molecule has 1 fully saturated rings. The Kier molecular flexibility index (Phi) is 6.40. The molecule has 0 aliphatic carbocycles. The lowest BCUT2D eigenvalue weighted by atomic mass is 9.94. The van der Waals surface area contributed by atoms with E-state index < -0.39 is 0 Å². The largest absolute Gasteiger partial charge is 0.445 e. The van der Waals surface area contributed by atoms with Crippen molar-refractivity contribution in [3.63, 3.8) is 0 Å². The Hall–Kier alpha value is -2.63. The number of nitrogens with zero attached hydrogens (tertiary/aromatic N) is 3. The molecule has 0 unspecified atom stereocenters. The van der Waals surface area contributed by atoms with Gasteiger partial charge in [-0.15, -0.1) is 0 Å². The van der Waals surface area contributed by atoms with Crippen LogP contribution in [-0.4, -0.2) is 52.8 Å². The highest BCUT2D eigenvalue weighted by Crippen LogP contribution is 2.23. The Bertz CT molecular complexity index is 866. The van der Waals surface area contributed by atoms with Crippen molar-refractivity contribution in [3.8, 4) is 0 Å². The summed E-state index contributed by atoms with van der Waals surface area (Å²) < 4.78 is 5.78. The van der Waals surface area contributed by atoms with Crippen molar-refractivity contribution in [2.24, 2.45) is 0 Å². The van der Waals surface area contributed by atoms with Crippen LogP contribution >= 0.6 is 0 Å². The van der Waals surface area contributed by atoms with Crippen molar-refractivity contribution in [1.82, 2.24) is 14.8 Å². The van der Waals surface area contributed by atoms with E-state index in [9.17, 15) is 9.59 Å². The highest BCUT2D eigenvalue weighted by atomic mass is 16.4. The van der Waals surface area contributed by atoms with Crippen molar-refractivity contribution in [3.05, 3.63) is 53.2 Å². The van der Waals surface area contributed by atoms with E-state index in [0.717, 1.165) is 17.7 Å². The number of amides is 2. The van der Waals surface area contributed by atoms with Crippen molar-refractivity contribution in [2.75, 3.05) is 26.2 Å². The second-order valence-electron chi connectivity index (χ2n) is 8.76. The first-order valence-electron chi connectivity index (χ1n) is 10.3. The van der Waals surface area contributed by atoms with Crippen molar-refractivity contribution < 1.29 is 14.0 Å². The molecule has 2 heterocycles. The van der Waals surface area contributed by atoms with Crippen LogP contribution in [0, 0.1) is 6.92 Å². The zero-order valence-electron chi connectivity index (χ0n) is 17.9. The van der Waals surface area contributed by atoms with E-state index in [-0.39, 0.29) is 17.2 Å². The highest BCUT2D eigenvalue weighted by Gasteiger charge is 2.24. The summed E-state index contributed by atoms with van der Waals surface area (Å²) in [6.45, 7) is 10.7. The Morgan fingerprint density at radius 2 is 1.83 bits per heavy atom. The summed E-state index contributed by atoms with van der Waals surface area (Å²) >= 11 is 0. The molecule has 3 rings (SSSR count). The van der Waals surface area contributed by atoms with Gasteiger partial charge in [0.15, 0.2) is 5.89 Å². The third-order valence-electron chi connectivity index (χ3n) is 5.25. The Labute approximate surface area is 172 Å². The summed E-state index contributed by atoms with van der Waals surface area (Å²) in [5.41, 5.74) is 1.69. The molecule has 1 aliphatic rings. The zero-order chi connectivity index (χ0) is 21.0. The van der Waals surface area contributed by atoms with Gasteiger partial charge in [0.2, 0.25) is 5.91 Å². The number of rotatable bonds is 4. The standard InChI is InChI=1S/C23H31N3O3/c1-17-7-5-8-18(15-17)22(28)26-12-6-11-25(13-14-26)21(27)10-9-20-24-16-19(29-20)23(2,3)4/h5,7-8,15-16H,6,9-14H2,1-4H3. The predicted octanol–water partition coefficient (Wildman–Crippen LogP) is 3.59. The van der Waals surface area contributed by atoms with Gasteiger partial charge in [0.05, 0.1) is 6.20 Å². The maximum absolute atomic E-state index is 12.8. The monoisotopic (exact) mass is 397 g/mol. The fraction of sp³-hybridized carbons (Fsp3) is 0.522. The normalized spacial score (nSPS) is 15.3. The molecule has 2 aromatic rings. The number of hydrogen-bond acceptors (Lipinski definition) is 4. The molecule has 6 nitrogen and oxygen atoms in total. The molecule has 0 saturated carbocycles. The maximum atomic E-state index is 12.8. The van der Waals surface area contributed by atoms with Gasteiger partial charge in [0, 0.05) is 50.0 Å². The first-order chi connectivity index (χ1) is 13.7. The van der Waals surface area contributed by atoms with E-state index >= 15 is 0 Å². The molecule has 1 aromatic heterocycles. The van der Waals surface area contributed by atoms with E-state index in [2.05, 4.69) is 25.8 Å². The number of aromatic nitrogens is 1. The van der Waals surface area contributed by atoms with Crippen LogP contribution in [0.1, 0.15) is 61.2 Å². The number of carbonyl (C=O) groups excluding carboxylic acids is 2. The second kappa shape index (κ2) is 8.80. The second-order valence-corrected chi connectivity index (χ2v) is 8.76. The summed E-state index contributed by atoms with van der Waals surface area (Å²) in [5.74, 6) is 1.57. The van der Waals surface area contributed by atoms with Crippen LogP contribution in [0.5, 0.6) is 0 Å². The third kappa shape index (κ3) is 5.46. The number of oxazole rings is 1. The first-order valence-corrected chi connectivity index (χ1v) is 10.3. The van der Waals surface area contributed by atoms with E-state index in [1.54, 1.807) is 6.20 Å². The molecule has 6 heteroatoms. The molecule has 1 aliphatic heterocycles. The van der Waals surface area contributed by atoms with Crippen molar-refractivity contribution >= 4 is 11.8 Å². The molecule has 0 N–H and O–H groups in total. The van der Waals surface area contributed by atoms with Crippen LogP contribution in [0.3, 0.4) is 0 Å². The van der Waals surface area contributed by atoms with Crippen LogP contribution in [0.15, 0.2) is 34.9 Å². The number of hydrogen-bond donors (Lipinski definition) is 0. The van der Waals surface area contributed by atoms with Crippen LogP contribution in [0.2, 0.25) is 0 Å². The van der Waals surface area contributed by atoms with E-state index in [0.29, 0.717) is 50.5 Å². The first kappa shape index (κ1) is 21.1. The number of aryl methyl sites for hydroxylation is 2. The predicted molar refractivity (Wildman–Crippen MR) is 112 cm³/mol. The fourth-order valence-electron chi connectivity index (χ4n) is 3.48. The van der Waals surface area contributed by atoms with Gasteiger partial charge < -0.3 is 14.2 Å². The molecular formula is C23H31N3O3. The van der Waals surface area contributed by atoms with Gasteiger partial charge in [0.25, 0.3) is 5.91 Å². The number of benzene rings is 1. The lowest BCUT2D eigenvalue weighted by molar-refractivity contribution is -0.131. The smallest absolute Gasteiger partial charge is 0.253 e. The maximum Gasteiger partial charge on any atom is 0.253 e. The van der Waals surface area contributed by atoms with Gasteiger partial charge in [-0.1, -0.05) is 38.5 Å². The summed E-state index contributed by atoms with van der Waals surface area (Å²) in [6, 6.07) is 7.66. The highest BCUT2D eigenvalue weighted by molar-refractivity contribution is 5.94. The quantitative estimate of drug-likeness (QED) is 0.791. The van der Waals surface area contributed by atoms with E-state index in [1.807, 2.05) is 41.0 Å². The minimum atomic E-state index is -0.0899. The average Bonchev–Trinajstić information content (AvgIpc) is 3.03. The van der Waals surface area contributed by atoms with Gasteiger partial charge in [0.1, 0.15) is 5.76 Å². The Morgan fingerprint density at radius 1 is 1.10 bits per heavy atom. The van der Waals surface area contributed by atoms with E-state index in [1.165, 1.54) is 0 Å². The van der Waals surface area contributed by atoms with Crippen LogP contribution < -0.4 is 0 Å². The average molecular weight is 398 g/mol. The summed E-state index contributed by atoms with van der Waals surface area (Å²) in [6.07, 6.45) is 3.41. The van der Waals surface area contributed by atoms with Gasteiger partial charge in [-0.05, 0) is 25.5 Å². The van der Waals surface area contributed by atoms with E-state index in [4.69, 9.17) is 4.42 Å². The topological polar surface area (TPSA) is 66.7 Å². The molecule has 0 radical (unpaired) electrons. The van der Waals surface area contributed by atoms with Gasteiger partial charge in [-0.3, -0.25) is 9.59 Å². The summed E-state index contributed by atoms with van der Waals surface area (Å²) in [4.78, 5) is 33.5. The minimum absolute atomic E-state index is 0.0393. The van der Waals surface area contributed by atoms with Crippen molar-refractivity contribution in [1.29, 1.82) is 0 Å². The Morgan fingerprint density at radius 3 is 2.52 bits per heavy atom. The number of carbonyl (C=O) groups is 2. The fourth-order valence-corrected chi connectivity index (χ4v) is 3.48. The van der Waals surface area contributed by atoms with Crippen molar-refractivity contribution in [2.45, 2.75) is 52.4 Å². The molecule has 0 bridgehead atoms. The van der Waals surface area contributed by atoms with Crippen LogP contribution in [0.4, 0.5) is 0 Å². The van der Waals surface area contributed by atoms with Crippen LogP contribution in [-0.2, 0) is 16.6 Å². The molecule has 156 valence electrons. The zero-order valence-corrected chi connectivity index (χ0v) is 17.9. The SMILES string of the molecule is Cc1cccc(C(=O)N2CCCN(C(=O)CCc3ncc(C(C)(C)C)o3)CC2)c1. The van der Waals surface area contributed by atoms with Gasteiger partial charge in [-0.2, -0.15) is 0 Å². The lowest BCUT2D eigenvalue weighted by Gasteiger charge is -2.22. The molecule has 0 spiro atoms. The molecule has 2 amide bonds. The summed E-state index contributed by atoms with van der Waals surface area (Å²) in [5, 5.41) is 0. The lowest BCUT2D eigenvalue weighted by Crippen LogP contribution is -2.37. The Balaban J connectivity index is 1.53. The molecule has 29 heavy (non-hydrogen) atoms. The molecular weight excluding hydrogens is 366 g/mol. The minimum Gasteiger partial charge on any atom is -0.445 e. The van der Waals surface area contributed by atoms with Gasteiger partial charge >= 0.3 is 0 Å². The third-order valence-corrected chi connectivity index (χ3v) is 5.25. The van der Waals surface area contributed by atoms with Crippen LogP contribution in [0.25, 0.3) is 0 Å². The molecule has 0 atom stereocenters. The molecule has 1 saturated heterocycles. The molecule has 1 aromatic carbocycles. The summed E-state index contributed by atoms with van der Waals surface area (Å²) in [7, 11) is 0.